The highest BCUT2D eigenvalue weighted by Crippen LogP contribution is 2.23. The third-order valence-corrected chi connectivity index (χ3v) is 4.27. The second-order valence-electron chi connectivity index (χ2n) is 5.36. The minimum absolute atomic E-state index is 0.0335. The third kappa shape index (κ3) is 5.25. The lowest BCUT2D eigenvalue weighted by Crippen LogP contribution is -2.15. The van der Waals surface area contributed by atoms with E-state index >= 15 is 0 Å². The van der Waals surface area contributed by atoms with Crippen LogP contribution in [0, 0.1) is 10.1 Å². The first kappa shape index (κ1) is 18.3. The van der Waals surface area contributed by atoms with Crippen molar-refractivity contribution in [2.45, 2.75) is 5.16 Å². The molecule has 1 aromatic heterocycles. The van der Waals surface area contributed by atoms with E-state index < -0.39 is 4.92 Å². The molecule has 2 aromatic carbocycles. The zero-order valence-corrected chi connectivity index (χ0v) is 14.8. The predicted octanol–water partition coefficient (Wildman–Crippen LogP) is 3.61. The number of para-hydroxylation sites is 2. The maximum Gasteiger partial charge on any atom is 0.292 e. The maximum atomic E-state index is 12.0. The van der Waals surface area contributed by atoms with Crippen LogP contribution in [0.15, 0.2) is 59.8 Å². The topological polar surface area (TPSA) is 114 Å². The fourth-order valence-electron chi connectivity index (χ4n) is 2.19. The normalized spacial score (nSPS) is 10.8. The highest BCUT2D eigenvalue weighted by molar-refractivity contribution is 7.99. The van der Waals surface area contributed by atoms with Crippen LogP contribution >= 0.6 is 11.8 Å². The van der Waals surface area contributed by atoms with Gasteiger partial charge in [0.2, 0.25) is 11.1 Å². The molecule has 0 aliphatic rings. The molecule has 0 saturated carbocycles. The molecule has 0 aliphatic carbocycles. The van der Waals surface area contributed by atoms with Gasteiger partial charge in [-0.15, -0.1) is 5.10 Å². The Morgan fingerprint density at radius 1 is 1.15 bits per heavy atom. The average molecular weight is 381 g/mol. The summed E-state index contributed by atoms with van der Waals surface area (Å²) in [4.78, 5) is 26.7. The number of nitro groups is 1. The largest absolute Gasteiger partial charge is 0.320 e. The van der Waals surface area contributed by atoms with Crippen molar-refractivity contribution in [3.63, 3.8) is 0 Å². The molecule has 0 bridgehead atoms. The predicted molar refractivity (Wildman–Crippen MR) is 104 cm³/mol. The summed E-state index contributed by atoms with van der Waals surface area (Å²) >= 11 is 1.14. The molecule has 9 heteroatoms. The summed E-state index contributed by atoms with van der Waals surface area (Å²) in [5.41, 5.74) is 1.04. The number of aromatic nitrogens is 3. The average Bonchev–Trinajstić information content (AvgIpc) is 3.14. The summed E-state index contributed by atoms with van der Waals surface area (Å²) < 4.78 is 0. The Kier molecular flexibility index (Phi) is 5.95. The summed E-state index contributed by atoms with van der Waals surface area (Å²) in [5.74, 6) is 0.229. The summed E-state index contributed by atoms with van der Waals surface area (Å²) in [7, 11) is 0. The quantitative estimate of drug-likeness (QED) is 0.367. The molecule has 0 aliphatic heterocycles. The van der Waals surface area contributed by atoms with Crippen molar-refractivity contribution >= 4 is 41.2 Å². The van der Waals surface area contributed by atoms with Gasteiger partial charge in [0, 0.05) is 6.07 Å². The Morgan fingerprint density at radius 3 is 2.67 bits per heavy atom. The fraction of sp³-hybridized carbons (Fsp3) is 0.0556. The van der Waals surface area contributed by atoms with E-state index in [1.807, 2.05) is 36.4 Å². The van der Waals surface area contributed by atoms with Crippen LogP contribution in [0.4, 0.5) is 11.4 Å². The summed E-state index contributed by atoms with van der Waals surface area (Å²) in [6.45, 7) is 0. The minimum atomic E-state index is -0.538. The van der Waals surface area contributed by atoms with Gasteiger partial charge in [-0.1, -0.05) is 60.3 Å². The van der Waals surface area contributed by atoms with Crippen molar-refractivity contribution in [1.82, 2.24) is 15.2 Å². The second-order valence-corrected chi connectivity index (χ2v) is 6.30. The summed E-state index contributed by atoms with van der Waals surface area (Å²) in [5, 5.41) is 20.7. The molecular formula is C18H15N5O3S. The number of H-pyrrole nitrogens is 1. The SMILES string of the molecule is O=C(CSc1n[nH]c(/C=C/c2ccccc2)n1)Nc1ccccc1[N+](=O)[O-]. The van der Waals surface area contributed by atoms with E-state index in [4.69, 9.17) is 0 Å². The lowest BCUT2D eigenvalue weighted by atomic mass is 10.2. The first-order valence-corrected chi connectivity index (χ1v) is 8.92. The molecule has 0 unspecified atom stereocenters. The van der Waals surface area contributed by atoms with Crippen molar-refractivity contribution in [3.8, 4) is 0 Å². The number of anilines is 1. The van der Waals surface area contributed by atoms with Crippen molar-refractivity contribution < 1.29 is 9.72 Å². The number of thioether (sulfide) groups is 1. The van der Waals surface area contributed by atoms with Gasteiger partial charge in [0.25, 0.3) is 5.69 Å². The van der Waals surface area contributed by atoms with Crippen molar-refractivity contribution in [2.24, 2.45) is 0 Å². The molecular weight excluding hydrogens is 366 g/mol. The number of amides is 1. The Bertz CT molecular complexity index is 972. The van der Waals surface area contributed by atoms with Gasteiger partial charge < -0.3 is 5.32 Å². The van der Waals surface area contributed by atoms with E-state index in [9.17, 15) is 14.9 Å². The van der Waals surface area contributed by atoms with Crippen molar-refractivity contribution in [3.05, 3.63) is 76.1 Å². The highest BCUT2D eigenvalue weighted by atomic mass is 32.2. The van der Waals surface area contributed by atoms with Crippen LogP contribution in [0.3, 0.4) is 0 Å². The number of rotatable bonds is 7. The number of benzene rings is 2. The Hall–Kier alpha value is -3.46. The smallest absolute Gasteiger partial charge is 0.292 e. The van der Waals surface area contributed by atoms with Crippen molar-refractivity contribution in [1.29, 1.82) is 0 Å². The molecule has 1 heterocycles. The number of nitrogens with zero attached hydrogens (tertiary/aromatic N) is 3. The molecule has 1 amide bonds. The van der Waals surface area contributed by atoms with E-state index in [-0.39, 0.29) is 23.0 Å². The molecule has 0 atom stereocenters. The van der Waals surface area contributed by atoms with Crippen LogP contribution in [0.1, 0.15) is 11.4 Å². The van der Waals surface area contributed by atoms with E-state index in [2.05, 4.69) is 20.5 Å². The maximum absolute atomic E-state index is 12.0. The van der Waals surface area contributed by atoms with Crippen LogP contribution in [0.25, 0.3) is 12.2 Å². The summed E-state index contributed by atoms with van der Waals surface area (Å²) in [6, 6.07) is 15.7. The summed E-state index contributed by atoms with van der Waals surface area (Å²) in [6.07, 6.45) is 3.69. The van der Waals surface area contributed by atoms with Gasteiger partial charge in [-0.2, -0.15) is 0 Å². The zero-order chi connectivity index (χ0) is 19.1. The minimum Gasteiger partial charge on any atom is -0.320 e. The molecule has 0 saturated heterocycles. The molecule has 0 radical (unpaired) electrons. The van der Waals surface area contributed by atoms with Crippen molar-refractivity contribution in [2.75, 3.05) is 11.1 Å². The molecule has 3 aromatic rings. The Morgan fingerprint density at radius 2 is 1.89 bits per heavy atom. The van der Waals surface area contributed by atoms with Gasteiger partial charge in [0.15, 0.2) is 0 Å². The Balaban J connectivity index is 1.55. The first-order chi connectivity index (χ1) is 13.1. The van der Waals surface area contributed by atoms with Gasteiger partial charge in [-0.05, 0) is 17.7 Å². The number of hydrogen-bond acceptors (Lipinski definition) is 6. The molecule has 0 spiro atoms. The number of carbonyl (C=O) groups excluding carboxylic acids is 1. The van der Waals surface area contributed by atoms with Gasteiger partial charge in [0.1, 0.15) is 11.5 Å². The van der Waals surface area contributed by atoms with Crippen LogP contribution in [-0.4, -0.2) is 31.8 Å². The monoisotopic (exact) mass is 381 g/mol. The van der Waals surface area contributed by atoms with Crippen LogP contribution in [0.2, 0.25) is 0 Å². The molecule has 136 valence electrons. The number of carbonyl (C=O) groups is 1. The van der Waals surface area contributed by atoms with E-state index in [1.54, 1.807) is 18.2 Å². The lowest BCUT2D eigenvalue weighted by molar-refractivity contribution is -0.383. The van der Waals surface area contributed by atoms with Crippen LogP contribution in [0.5, 0.6) is 0 Å². The lowest BCUT2D eigenvalue weighted by Gasteiger charge is -2.04. The standard InChI is InChI=1S/C18H15N5O3S/c24-17(19-14-8-4-5-9-15(14)23(25)26)12-27-18-20-16(21-22-18)11-10-13-6-2-1-3-7-13/h1-11H,12H2,(H,19,24)(H,20,21,22)/b11-10+. The Labute approximate surface area is 158 Å². The molecule has 0 fully saturated rings. The number of hydrogen-bond donors (Lipinski definition) is 2. The van der Waals surface area contributed by atoms with Gasteiger partial charge in [0.05, 0.1) is 10.7 Å². The van der Waals surface area contributed by atoms with E-state index in [1.165, 1.54) is 12.1 Å². The third-order valence-electron chi connectivity index (χ3n) is 3.42. The number of aromatic amines is 1. The van der Waals surface area contributed by atoms with Gasteiger partial charge in [-0.25, -0.2) is 4.98 Å². The van der Waals surface area contributed by atoms with Gasteiger partial charge in [-0.3, -0.25) is 20.0 Å². The van der Waals surface area contributed by atoms with Crippen LogP contribution in [-0.2, 0) is 4.79 Å². The highest BCUT2D eigenvalue weighted by Gasteiger charge is 2.15. The number of nitrogens with one attached hydrogen (secondary N) is 2. The van der Waals surface area contributed by atoms with E-state index in [0.717, 1.165) is 17.3 Å². The first-order valence-electron chi connectivity index (χ1n) is 7.93. The zero-order valence-electron chi connectivity index (χ0n) is 14.0. The van der Waals surface area contributed by atoms with Crippen LogP contribution < -0.4 is 5.32 Å². The fourth-order valence-corrected chi connectivity index (χ4v) is 2.80. The van der Waals surface area contributed by atoms with Gasteiger partial charge >= 0.3 is 0 Å². The molecule has 27 heavy (non-hydrogen) atoms. The molecule has 8 nitrogen and oxygen atoms in total. The molecule has 2 N–H and O–H groups in total. The number of nitro benzene ring substituents is 1. The molecule has 3 rings (SSSR count). The second kappa shape index (κ2) is 8.77. The van der Waals surface area contributed by atoms with E-state index in [0.29, 0.717) is 11.0 Å².